The van der Waals surface area contributed by atoms with Crippen molar-refractivity contribution in [3.63, 3.8) is 0 Å². The molecule has 0 fully saturated rings. The normalized spacial score (nSPS) is 14.5. The van der Waals surface area contributed by atoms with Crippen molar-refractivity contribution in [2.24, 2.45) is 4.99 Å². The topological polar surface area (TPSA) is 69.9 Å². The van der Waals surface area contributed by atoms with Crippen LogP contribution in [0.5, 0.6) is 5.75 Å². The van der Waals surface area contributed by atoms with E-state index in [9.17, 15) is 18.4 Å². The molecule has 2 heterocycles. The lowest BCUT2D eigenvalue weighted by atomic mass is 9.93. The number of nitrogens with zero attached hydrogens (tertiary/aromatic N) is 2. The van der Waals surface area contributed by atoms with E-state index in [2.05, 4.69) is 45.2 Å². The van der Waals surface area contributed by atoms with Crippen LogP contribution in [-0.4, -0.2) is 17.1 Å². The Morgan fingerprint density at radius 3 is 2.43 bits per heavy atom. The van der Waals surface area contributed by atoms with Gasteiger partial charge in [0.05, 0.1) is 32.0 Å². The highest BCUT2D eigenvalue weighted by Crippen LogP contribution is 2.35. The van der Waals surface area contributed by atoms with Crippen LogP contribution in [0.2, 0.25) is 0 Å². The van der Waals surface area contributed by atoms with Crippen LogP contribution >= 0.6 is 56.5 Å². The number of rotatable bonds is 8. The molecular formula is C35H24F2I2N2O4S. The highest BCUT2D eigenvalue weighted by molar-refractivity contribution is 14.1. The zero-order valence-corrected chi connectivity index (χ0v) is 29.3. The van der Waals surface area contributed by atoms with Crippen molar-refractivity contribution in [1.82, 2.24) is 4.57 Å². The second kappa shape index (κ2) is 14.0. The van der Waals surface area contributed by atoms with Crippen molar-refractivity contribution in [1.29, 1.82) is 0 Å². The number of aromatic nitrogens is 1. The molecule has 1 aliphatic rings. The molecule has 0 saturated carbocycles. The third-order valence-corrected chi connectivity index (χ3v) is 9.62. The predicted octanol–water partition coefficient (Wildman–Crippen LogP) is 7.00. The van der Waals surface area contributed by atoms with Gasteiger partial charge in [-0.15, -0.1) is 0 Å². The first-order valence-electron chi connectivity index (χ1n) is 14.1. The van der Waals surface area contributed by atoms with E-state index in [0.717, 1.165) is 7.14 Å². The highest BCUT2D eigenvalue weighted by Gasteiger charge is 2.35. The Morgan fingerprint density at radius 1 is 1.00 bits per heavy atom. The van der Waals surface area contributed by atoms with Gasteiger partial charge in [0.1, 0.15) is 24.0 Å². The fraction of sp³-hybridized carbons (Fsp3) is 0.114. The summed E-state index contributed by atoms with van der Waals surface area (Å²) in [6.45, 7) is 1.82. The maximum absolute atomic E-state index is 14.4. The average Bonchev–Trinajstić information content (AvgIpc) is 3.35. The summed E-state index contributed by atoms with van der Waals surface area (Å²) in [4.78, 5) is 33.1. The molecule has 5 aromatic rings. The minimum atomic E-state index is -0.930. The molecule has 0 N–H and O–H groups in total. The second-order valence-electron chi connectivity index (χ2n) is 10.2. The molecule has 0 saturated heterocycles. The molecule has 1 atom stereocenters. The van der Waals surface area contributed by atoms with Crippen molar-refractivity contribution in [3.05, 3.63) is 157 Å². The van der Waals surface area contributed by atoms with Gasteiger partial charge in [0.2, 0.25) is 0 Å². The van der Waals surface area contributed by atoms with Gasteiger partial charge >= 0.3 is 5.97 Å². The minimum absolute atomic E-state index is 0.000734. The lowest BCUT2D eigenvalue weighted by molar-refractivity contribution is -0.138. The van der Waals surface area contributed by atoms with Gasteiger partial charge in [0.25, 0.3) is 5.56 Å². The fourth-order valence-electron chi connectivity index (χ4n) is 5.15. The molecule has 232 valence electrons. The van der Waals surface area contributed by atoms with E-state index >= 15 is 0 Å². The van der Waals surface area contributed by atoms with Crippen molar-refractivity contribution >= 4 is 74.3 Å². The van der Waals surface area contributed by atoms with Crippen LogP contribution in [-0.2, 0) is 16.1 Å². The predicted molar refractivity (Wildman–Crippen MR) is 190 cm³/mol. The molecular weight excluding hydrogens is 836 g/mol. The molecule has 0 bridgehead atoms. The van der Waals surface area contributed by atoms with Gasteiger partial charge < -0.3 is 9.47 Å². The Kier molecular flexibility index (Phi) is 9.80. The number of esters is 1. The molecule has 0 spiro atoms. The van der Waals surface area contributed by atoms with Gasteiger partial charge in [-0.05, 0) is 94.1 Å². The standard InChI is InChI=1S/C35H24F2I2N2O4S/c1-2-44-34(43)29-30(20-8-4-3-5-9-20)40-35-41(31(29)21-12-14-24(36)15-13-21)33(42)28(46-35)17-23-16-25(38)18-27(39)32(23)45-19-22-10-6-7-11-26(22)37/h3-18,31H,2,19H2,1H3/b28-17-/t31-/m0/s1. The van der Waals surface area contributed by atoms with E-state index in [4.69, 9.17) is 14.5 Å². The van der Waals surface area contributed by atoms with Crippen LogP contribution in [0.15, 0.2) is 106 Å². The Hall–Kier alpha value is -3.69. The quantitative estimate of drug-likeness (QED) is 0.125. The van der Waals surface area contributed by atoms with E-state index in [-0.39, 0.29) is 30.2 Å². The Labute approximate surface area is 294 Å². The molecule has 4 aromatic carbocycles. The van der Waals surface area contributed by atoms with Crippen molar-refractivity contribution < 1.29 is 23.0 Å². The molecule has 0 amide bonds. The molecule has 1 aliphatic heterocycles. The van der Waals surface area contributed by atoms with E-state index in [1.54, 1.807) is 43.3 Å². The molecule has 0 aliphatic carbocycles. The summed E-state index contributed by atoms with van der Waals surface area (Å²) in [5.41, 5.74) is 2.39. The molecule has 46 heavy (non-hydrogen) atoms. The minimum Gasteiger partial charge on any atom is -0.487 e. The summed E-state index contributed by atoms with van der Waals surface area (Å²) in [6, 6.07) is 24.2. The summed E-state index contributed by atoms with van der Waals surface area (Å²) < 4.78 is 43.6. The average molecular weight is 860 g/mol. The first-order chi connectivity index (χ1) is 22.2. The summed E-state index contributed by atoms with van der Waals surface area (Å²) in [5.74, 6) is -0.935. The summed E-state index contributed by atoms with van der Waals surface area (Å²) in [7, 11) is 0. The van der Waals surface area contributed by atoms with Crippen molar-refractivity contribution in [3.8, 4) is 5.75 Å². The van der Waals surface area contributed by atoms with E-state index in [1.165, 1.54) is 34.1 Å². The number of fused-ring (bicyclic) bond motifs is 1. The lowest BCUT2D eigenvalue weighted by Gasteiger charge is -2.25. The number of carbonyl (C=O) groups excluding carboxylic acids is 1. The van der Waals surface area contributed by atoms with Crippen molar-refractivity contribution in [2.45, 2.75) is 19.6 Å². The van der Waals surface area contributed by atoms with Crippen LogP contribution in [0.4, 0.5) is 8.78 Å². The SMILES string of the molecule is CCOC(=O)C1=C(c2ccccc2)N=c2s/c(=C\c3cc(I)cc(I)c3OCc3ccccc3F)c(=O)n2[C@H]1c1ccc(F)cc1. The van der Waals surface area contributed by atoms with Gasteiger partial charge in [-0.3, -0.25) is 9.36 Å². The maximum atomic E-state index is 14.4. The smallest absolute Gasteiger partial charge is 0.338 e. The molecule has 0 unspecified atom stereocenters. The largest absolute Gasteiger partial charge is 0.487 e. The number of hydrogen-bond donors (Lipinski definition) is 0. The van der Waals surface area contributed by atoms with Crippen LogP contribution < -0.4 is 19.6 Å². The van der Waals surface area contributed by atoms with Gasteiger partial charge in [0.15, 0.2) is 4.80 Å². The molecule has 6 rings (SSSR count). The van der Waals surface area contributed by atoms with E-state index in [0.29, 0.717) is 43.0 Å². The Bertz CT molecular complexity index is 2160. The summed E-state index contributed by atoms with van der Waals surface area (Å²) in [5, 5.41) is 0. The lowest BCUT2D eigenvalue weighted by Crippen LogP contribution is -2.40. The third kappa shape index (κ3) is 6.58. The number of thiazole rings is 1. The zero-order chi connectivity index (χ0) is 32.4. The zero-order valence-electron chi connectivity index (χ0n) is 24.2. The maximum Gasteiger partial charge on any atom is 0.338 e. The van der Waals surface area contributed by atoms with Gasteiger partial charge in [-0.1, -0.05) is 72.0 Å². The molecule has 1 aromatic heterocycles. The first kappa shape index (κ1) is 32.3. The van der Waals surface area contributed by atoms with Crippen molar-refractivity contribution in [2.75, 3.05) is 6.61 Å². The van der Waals surface area contributed by atoms with Gasteiger partial charge in [-0.25, -0.2) is 18.6 Å². The van der Waals surface area contributed by atoms with Gasteiger partial charge in [0, 0.05) is 20.3 Å². The number of halogens is 4. The van der Waals surface area contributed by atoms with E-state index < -0.39 is 17.8 Å². The fourth-order valence-corrected chi connectivity index (χ4v) is 8.18. The highest BCUT2D eigenvalue weighted by atomic mass is 127. The van der Waals surface area contributed by atoms with Crippen LogP contribution in [0.3, 0.4) is 0 Å². The van der Waals surface area contributed by atoms with Crippen LogP contribution in [0.1, 0.15) is 35.2 Å². The van der Waals surface area contributed by atoms with Crippen LogP contribution in [0, 0.1) is 18.8 Å². The Balaban J connectivity index is 1.56. The third-order valence-electron chi connectivity index (χ3n) is 7.21. The molecule has 11 heteroatoms. The second-order valence-corrected chi connectivity index (χ2v) is 13.6. The summed E-state index contributed by atoms with van der Waals surface area (Å²) >= 11 is 5.52. The molecule has 6 nitrogen and oxygen atoms in total. The first-order valence-corrected chi connectivity index (χ1v) is 17.1. The van der Waals surface area contributed by atoms with Gasteiger partial charge in [-0.2, -0.15) is 0 Å². The number of carbonyl (C=O) groups is 1. The summed E-state index contributed by atoms with van der Waals surface area (Å²) in [6.07, 6.45) is 1.72. The molecule has 0 radical (unpaired) electrons. The number of benzene rings is 4. The van der Waals surface area contributed by atoms with Crippen LogP contribution in [0.25, 0.3) is 11.8 Å². The number of ether oxygens (including phenoxy) is 2. The number of hydrogen-bond acceptors (Lipinski definition) is 6. The Morgan fingerprint density at radius 2 is 1.72 bits per heavy atom. The monoisotopic (exact) mass is 860 g/mol. The van der Waals surface area contributed by atoms with E-state index in [1.807, 2.05) is 42.5 Å².